The molecule has 1 aliphatic carbocycles. The molecule has 1 N–H and O–H groups in total. The molecule has 3 unspecified atom stereocenters. The maximum absolute atomic E-state index is 3.61. The molecule has 82 valence electrons. The molecule has 0 amide bonds. The molecule has 0 aromatic heterocycles. The van der Waals surface area contributed by atoms with Crippen molar-refractivity contribution in [3.8, 4) is 0 Å². The highest BCUT2D eigenvalue weighted by atomic mass is 14.9. The van der Waals surface area contributed by atoms with Crippen molar-refractivity contribution in [1.29, 1.82) is 0 Å². The number of nitrogens with one attached hydrogen (secondary N) is 1. The van der Waals surface area contributed by atoms with Gasteiger partial charge in [0.25, 0.3) is 0 Å². The van der Waals surface area contributed by atoms with Gasteiger partial charge in [-0.25, -0.2) is 0 Å². The first-order valence-corrected chi connectivity index (χ1v) is 6.03. The summed E-state index contributed by atoms with van der Waals surface area (Å²) in [6.45, 7) is 10.1. The quantitative estimate of drug-likeness (QED) is 0.678. The largest absolute Gasteiger partial charge is 0.311 e. The summed E-state index contributed by atoms with van der Waals surface area (Å²) in [5.41, 5.74) is 1.44. The van der Waals surface area contributed by atoms with Gasteiger partial charge in [-0.1, -0.05) is 38.3 Å². The fraction of sp³-hybridized carbons (Fsp3) is 0.846. The van der Waals surface area contributed by atoms with E-state index in [4.69, 9.17) is 0 Å². The minimum atomic E-state index is 0.613. The highest BCUT2D eigenvalue weighted by Crippen LogP contribution is 2.34. The molecule has 0 heterocycles. The predicted molar refractivity (Wildman–Crippen MR) is 63.4 cm³/mol. The molecule has 3 atom stereocenters. The van der Waals surface area contributed by atoms with Crippen molar-refractivity contribution in [1.82, 2.24) is 5.32 Å². The maximum atomic E-state index is 3.61. The first kappa shape index (κ1) is 11.8. The van der Waals surface area contributed by atoms with E-state index in [0.29, 0.717) is 6.04 Å². The van der Waals surface area contributed by atoms with Gasteiger partial charge >= 0.3 is 0 Å². The average Bonchev–Trinajstić information content (AvgIpc) is 2.50. The molecule has 0 aromatic rings. The second-order valence-corrected chi connectivity index (χ2v) is 4.90. The molecule has 14 heavy (non-hydrogen) atoms. The lowest BCUT2D eigenvalue weighted by atomic mass is 9.89. The minimum Gasteiger partial charge on any atom is -0.311 e. The van der Waals surface area contributed by atoms with Crippen LogP contribution in [0.15, 0.2) is 11.6 Å². The third-order valence-electron chi connectivity index (χ3n) is 3.34. The van der Waals surface area contributed by atoms with Crippen LogP contribution < -0.4 is 5.32 Å². The Bertz CT molecular complexity index is 191. The molecule has 1 saturated carbocycles. The summed E-state index contributed by atoms with van der Waals surface area (Å²) < 4.78 is 0. The lowest BCUT2D eigenvalue weighted by molar-refractivity contribution is 0.341. The zero-order valence-electron chi connectivity index (χ0n) is 10.1. The van der Waals surface area contributed by atoms with E-state index >= 15 is 0 Å². The second-order valence-electron chi connectivity index (χ2n) is 4.90. The Kier molecular flexibility index (Phi) is 4.67. The first-order chi connectivity index (χ1) is 6.65. The Hall–Kier alpha value is -0.300. The standard InChI is InChI=1S/C13H25N/c1-5-14-13(9-10(2)3)12-8-6-7-11(12)4/h9,11-14H,5-8H2,1-4H3. The highest BCUT2D eigenvalue weighted by Gasteiger charge is 2.28. The second kappa shape index (κ2) is 5.55. The van der Waals surface area contributed by atoms with Crippen LogP contribution in [-0.2, 0) is 0 Å². The van der Waals surface area contributed by atoms with Crippen LogP contribution in [0.1, 0.15) is 47.0 Å². The third kappa shape index (κ3) is 3.13. The summed E-state index contributed by atoms with van der Waals surface area (Å²) >= 11 is 0. The fourth-order valence-electron chi connectivity index (χ4n) is 2.64. The molecule has 0 spiro atoms. The lowest BCUT2D eigenvalue weighted by Gasteiger charge is -2.25. The monoisotopic (exact) mass is 195 g/mol. The Morgan fingerprint density at radius 1 is 1.43 bits per heavy atom. The molecule has 0 aromatic carbocycles. The van der Waals surface area contributed by atoms with Gasteiger partial charge < -0.3 is 5.32 Å². The molecule has 1 rings (SSSR count). The average molecular weight is 195 g/mol. The first-order valence-electron chi connectivity index (χ1n) is 6.03. The molecule has 0 bridgehead atoms. The van der Waals surface area contributed by atoms with Crippen LogP contribution in [0.5, 0.6) is 0 Å². The summed E-state index contributed by atoms with van der Waals surface area (Å²) in [6, 6.07) is 0.613. The number of hydrogen-bond donors (Lipinski definition) is 1. The van der Waals surface area contributed by atoms with Gasteiger partial charge in [-0.3, -0.25) is 0 Å². The topological polar surface area (TPSA) is 12.0 Å². The van der Waals surface area contributed by atoms with E-state index in [2.05, 4.69) is 39.1 Å². The molecule has 1 aliphatic rings. The van der Waals surface area contributed by atoms with Crippen molar-refractivity contribution in [2.24, 2.45) is 11.8 Å². The van der Waals surface area contributed by atoms with Crippen molar-refractivity contribution in [3.63, 3.8) is 0 Å². The highest BCUT2D eigenvalue weighted by molar-refractivity contribution is 5.04. The van der Waals surface area contributed by atoms with Crippen LogP contribution in [0, 0.1) is 11.8 Å². The minimum absolute atomic E-state index is 0.613. The third-order valence-corrected chi connectivity index (χ3v) is 3.34. The van der Waals surface area contributed by atoms with Crippen LogP contribution in [0.4, 0.5) is 0 Å². The van der Waals surface area contributed by atoms with E-state index < -0.39 is 0 Å². The summed E-state index contributed by atoms with van der Waals surface area (Å²) in [6.07, 6.45) is 6.66. The van der Waals surface area contributed by atoms with Crippen molar-refractivity contribution in [2.45, 2.75) is 53.0 Å². The Labute approximate surface area is 89.0 Å². The van der Waals surface area contributed by atoms with Gasteiger partial charge in [-0.2, -0.15) is 0 Å². The number of hydrogen-bond acceptors (Lipinski definition) is 1. The maximum Gasteiger partial charge on any atom is 0.0283 e. The molecule has 0 aliphatic heterocycles. The SMILES string of the molecule is CCNC(C=C(C)C)C1CCCC1C. The molecule has 1 fully saturated rings. The summed E-state index contributed by atoms with van der Waals surface area (Å²) in [7, 11) is 0. The van der Waals surface area contributed by atoms with Gasteiger partial charge in [-0.15, -0.1) is 0 Å². The zero-order valence-corrected chi connectivity index (χ0v) is 10.1. The van der Waals surface area contributed by atoms with Crippen LogP contribution >= 0.6 is 0 Å². The number of likely N-dealkylation sites (N-methyl/N-ethyl adjacent to an activating group) is 1. The van der Waals surface area contributed by atoms with Crippen molar-refractivity contribution >= 4 is 0 Å². The molecular weight excluding hydrogens is 170 g/mol. The molecule has 0 saturated heterocycles. The van der Waals surface area contributed by atoms with E-state index in [1.165, 1.54) is 24.8 Å². The number of allylic oxidation sites excluding steroid dienone is 1. The van der Waals surface area contributed by atoms with Crippen LogP contribution in [0.2, 0.25) is 0 Å². The zero-order chi connectivity index (χ0) is 10.6. The van der Waals surface area contributed by atoms with Crippen LogP contribution in [-0.4, -0.2) is 12.6 Å². The fourth-order valence-corrected chi connectivity index (χ4v) is 2.64. The van der Waals surface area contributed by atoms with Crippen molar-refractivity contribution in [2.75, 3.05) is 6.54 Å². The molecular formula is C13H25N. The van der Waals surface area contributed by atoms with Gasteiger partial charge in [0.05, 0.1) is 0 Å². The van der Waals surface area contributed by atoms with Gasteiger partial charge in [0.2, 0.25) is 0 Å². The molecule has 1 heteroatoms. The van der Waals surface area contributed by atoms with Gasteiger partial charge in [0, 0.05) is 6.04 Å². The van der Waals surface area contributed by atoms with E-state index in [1.807, 2.05) is 0 Å². The number of rotatable bonds is 4. The molecule has 1 nitrogen and oxygen atoms in total. The predicted octanol–water partition coefficient (Wildman–Crippen LogP) is 3.37. The van der Waals surface area contributed by atoms with Crippen LogP contribution in [0.3, 0.4) is 0 Å². The van der Waals surface area contributed by atoms with E-state index in [9.17, 15) is 0 Å². The van der Waals surface area contributed by atoms with E-state index in [0.717, 1.165) is 18.4 Å². The van der Waals surface area contributed by atoms with Crippen molar-refractivity contribution in [3.05, 3.63) is 11.6 Å². The van der Waals surface area contributed by atoms with E-state index in [1.54, 1.807) is 0 Å². The van der Waals surface area contributed by atoms with Gasteiger partial charge in [0.15, 0.2) is 0 Å². The van der Waals surface area contributed by atoms with Crippen molar-refractivity contribution < 1.29 is 0 Å². The van der Waals surface area contributed by atoms with Gasteiger partial charge in [0.1, 0.15) is 0 Å². The van der Waals surface area contributed by atoms with Crippen LogP contribution in [0.25, 0.3) is 0 Å². The molecule has 0 radical (unpaired) electrons. The lowest BCUT2D eigenvalue weighted by Crippen LogP contribution is -2.35. The van der Waals surface area contributed by atoms with E-state index in [-0.39, 0.29) is 0 Å². The normalized spacial score (nSPS) is 28.9. The van der Waals surface area contributed by atoms with Gasteiger partial charge in [-0.05, 0) is 38.6 Å². The Morgan fingerprint density at radius 2 is 2.14 bits per heavy atom. The summed E-state index contributed by atoms with van der Waals surface area (Å²) in [5.74, 6) is 1.76. The smallest absolute Gasteiger partial charge is 0.0283 e. The summed E-state index contributed by atoms with van der Waals surface area (Å²) in [4.78, 5) is 0. The Morgan fingerprint density at radius 3 is 2.57 bits per heavy atom. The summed E-state index contributed by atoms with van der Waals surface area (Å²) in [5, 5.41) is 3.61. The Balaban J connectivity index is 2.61.